The summed E-state index contributed by atoms with van der Waals surface area (Å²) in [5.41, 5.74) is 4.24. The van der Waals surface area contributed by atoms with Crippen molar-refractivity contribution < 1.29 is 4.79 Å². The van der Waals surface area contributed by atoms with Crippen LogP contribution in [0, 0.1) is 11.8 Å². The predicted molar refractivity (Wildman–Crippen MR) is 71.7 cm³/mol. The number of fused-ring (bicyclic) bond motifs is 1. The number of halogens is 1. The zero-order valence-corrected chi connectivity index (χ0v) is 10.5. The molecule has 0 spiro atoms. The third-order valence-electron chi connectivity index (χ3n) is 3.55. The predicted octanol–water partition coefficient (Wildman–Crippen LogP) is 3.02. The van der Waals surface area contributed by atoms with Gasteiger partial charge < -0.3 is 0 Å². The standard InChI is InChI=1S/C14H13ClN2O/c15-11-5-1-4-10(7-11)14(18)17-16-13-8-9-3-2-6-12(9)13/h1-5,7,9,12H,6,8H2,(H,17,18)/b16-13-/t9-,12+/m1/s1. The molecule has 1 saturated carbocycles. The van der Waals surface area contributed by atoms with Gasteiger partial charge in [0.25, 0.3) is 5.91 Å². The average Bonchev–Trinajstić information content (AvgIpc) is 2.71. The highest BCUT2D eigenvalue weighted by Gasteiger charge is 2.37. The Morgan fingerprint density at radius 1 is 1.44 bits per heavy atom. The van der Waals surface area contributed by atoms with Gasteiger partial charge in [-0.1, -0.05) is 29.8 Å². The number of benzene rings is 1. The number of amides is 1. The van der Waals surface area contributed by atoms with Crippen LogP contribution in [0.3, 0.4) is 0 Å². The summed E-state index contributed by atoms with van der Waals surface area (Å²) >= 11 is 5.84. The number of allylic oxidation sites excluding steroid dienone is 2. The van der Waals surface area contributed by atoms with Crippen molar-refractivity contribution in [2.24, 2.45) is 16.9 Å². The minimum Gasteiger partial charge on any atom is -0.267 e. The highest BCUT2D eigenvalue weighted by atomic mass is 35.5. The number of hydrogen-bond donors (Lipinski definition) is 1. The quantitative estimate of drug-likeness (QED) is 0.645. The smallest absolute Gasteiger partial charge is 0.267 e. The van der Waals surface area contributed by atoms with E-state index in [9.17, 15) is 4.79 Å². The minimum atomic E-state index is -0.209. The second-order valence-electron chi connectivity index (χ2n) is 4.69. The van der Waals surface area contributed by atoms with E-state index < -0.39 is 0 Å². The molecule has 1 aromatic carbocycles. The Labute approximate surface area is 111 Å². The normalized spacial score (nSPS) is 26.8. The molecule has 1 fully saturated rings. The Morgan fingerprint density at radius 2 is 2.33 bits per heavy atom. The van der Waals surface area contributed by atoms with Crippen LogP contribution in [0.5, 0.6) is 0 Å². The molecule has 18 heavy (non-hydrogen) atoms. The molecule has 0 aromatic heterocycles. The van der Waals surface area contributed by atoms with Crippen molar-refractivity contribution in [2.75, 3.05) is 0 Å². The van der Waals surface area contributed by atoms with Crippen LogP contribution in [0.4, 0.5) is 0 Å². The summed E-state index contributed by atoms with van der Waals surface area (Å²) in [6, 6.07) is 6.86. The number of rotatable bonds is 2. The van der Waals surface area contributed by atoms with Crippen LogP contribution in [-0.4, -0.2) is 11.6 Å². The molecule has 1 aromatic rings. The summed E-state index contributed by atoms with van der Waals surface area (Å²) in [4.78, 5) is 11.8. The van der Waals surface area contributed by atoms with Gasteiger partial charge in [0.15, 0.2) is 0 Å². The molecular formula is C14H13ClN2O. The van der Waals surface area contributed by atoms with Gasteiger partial charge in [-0.05, 0) is 37.0 Å². The third kappa shape index (κ3) is 2.06. The lowest BCUT2D eigenvalue weighted by Crippen LogP contribution is -2.35. The summed E-state index contributed by atoms with van der Waals surface area (Å²) in [5, 5.41) is 4.77. The maximum absolute atomic E-state index is 11.8. The average molecular weight is 261 g/mol. The van der Waals surface area contributed by atoms with Crippen LogP contribution in [0.25, 0.3) is 0 Å². The highest BCUT2D eigenvalue weighted by Crippen LogP contribution is 2.40. The lowest BCUT2D eigenvalue weighted by molar-refractivity contribution is 0.0954. The largest absolute Gasteiger partial charge is 0.271 e. The van der Waals surface area contributed by atoms with Crippen LogP contribution in [0.15, 0.2) is 41.5 Å². The Morgan fingerprint density at radius 3 is 3.11 bits per heavy atom. The summed E-state index contributed by atoms with van der Waals surface area (Å²) in [5.74, 6) is 0.955. The first-order chi connectivity index (χ1) is 8.74. The molecule has 1 N–H and O–H groups in total. The van der Waals surface area contributed by atoms with Gasteiger partial charge in [-0.15, -0.1) is 0 Å². The fourth-order valence-corrected chi connectivity index (χ4v) is 2.67. The van der Waals surface area contributed by atoms with Crippen LogP contribution in [-0.2, 0) is 0 Å². The number of nitrogens with zero attached hydrogens (tertiary/aromatic N) is 1. The van der Waals surface area contributed by atoms with Gasteiger partial charge in [0.1, 0.15) is 0 Å². The van der Waals surface area contributed by atoms with E-state index in [-0.39, 0.29) is 5.91 Å². The maximum atomic E-state index is 11.8. The van der Waals surface area contributed by atoms with E-state index in [0.29, 0.717) is 22.4 Å². The van der Waals surface area contributed by atoms with Crippen molar-refractivity contribution in [3.8, 4) is 0 Å². The van der Waals surface area contributed by atoms with Crippen LogP contribution in [0.1, 0.15) is 23.2 Å². The molecular weight excluding hydrogens is 248 g/mol. The Bertz CT molecular complexity index is 550. The van der Waals surface area contributed by atoms with Gasteiger partial charge in [0.05, 0.1) is 0 Å². The Hall–Kier alpha value is -1.61. The maximum Gasteiger partial charge on any atom is 0.271 e. The molecule has 0 saturated heterocycles. The van der Waals surface area contributed by atoms with Crippen LogP contribution in [0.2, 0.25) is 5.02 Å². The zero-order valence-electron chi connectivity index (χ0n) is 9.77. The zero-order chi connectivity index (χ0) is 12.5. The molecule has 1 amide bonds. The van der Waals surface area contributed by atoms with E-state index in [0.717, 1.165) is 18.6 Å². The first-order valence-corrected chi connectivity index (χ1v) is 6.41. The molecule has 3 rings (SSSR count). The Balaban J connectivity index is 1.64. The van der Waals surface area contributed by atoms with Crippen molar-refractivity contribution in [2.45, 2.75) is 12.8 Å². The second-order valence-corrected chi connectivity index (χ2v) is 5.13. The number of carbonyl (C=O) groups excluding carboxylic acids is 1. The second kappa shape index (κ2) is 4.58. The van der Waals surface area contributed by atoms with Gasteiger partial charge in [-0.25, -0.2) is 5.43 Å². The lowest BCUT2D eigenvalue weighted by Gasteiger charge is -2.31. The summed E-state index contributed by atoms with van der Waals surface area (Å²) in [7, 11) is 0. The fourth-order valence-electron chi connectivity index (χ4n) is 2.48. The lowest BCUT2D eigenvalue weighted by atomic mass is 9.74. The van der Waals surface area contributed by atoms with Gasteiger partial charge in [-0.3, -0.25) is 4.79 Å². The van der Waals surface area contributed by atoms with Crippen molar-refractivity contribution in [1.29, 1.82) is 0 Å². The first-order valence-electron chi connectivity index (χ1n) is 6.03. The van der Waals surface area contributed by atoms with Crippen LogP contribution >= 0.6 is 11.6 Å². The van der Waals surface area contributed by atoms with Gasteiger partial charge in [-0.2, -0.15) is 5.10 Å². The number of hydrazone groups is 1. The Kier molecular flexibility index (Phi) is 2.92. The van der Waals surface area contributed by atoms with Crippen molar-refractivity contribution >= 4 is 23.2 Å². The first kappa shape index (κ1) is 11.5. The van der Waals surface area contributed by atoms with Crippen molar-refractivity contribution in [3.05, 3.63) is 47.0 Å². The minimum absolute atomic E-state index is 0.209. The molecule has 0 heterocycles. The fraction of sp³-hybridized carbons (Fsp3) is 0.286. The molecule has 0 radical (unpaired) electrons. The third-order valence-corrected chi connectivity index (χ3v) is 3.79. The van der Waals surface area contributed by atoms with E-state index in [1.165, 1.54) is 0 Å². The van der Waals surface area contributed by atoms with E-state index >= 15 is 0 Å². The molecule has 3 nitrogen and oxygen atoms in total. The van der Waals surface area contributed by atoms with E-state index in [4.69, 9.17) is 11.6 Å². The summed E-state index contributed by atoms with van der Waals surface area (Å²) in [6.45, 7) is 0. The molecule has 2 aliphatic rings. The van der Waals surface area contributed by atoms with Crippen molar-refractivity contribution in [3.63, 3.8) is 0 Å². The van der Waals surface area contributed by atoms with Gasteiger partial charge in [0, 0.05) is 22.2 Å². The van der Waals surface area contributed by atoms with E-state index in [2.05, 4.69) is 22.7 Å². The molecule has 2 atom stereocenters. The molecule has 2 aliphatic carbocycles. The molecule has 0 unspecified atom stereocenters. The molecule has 0 aliphatic heterocycles. The summed E-state index contributed by atoms with van der Waals surface area (Å²) in [6.07, 6.45) is 6.45. The van der Waals surface area contributed by atoms with Gasteiger partial charge in [0.2, 0.25) is 0 Å². The van der Waals surface area contributed by atoms with Crippen molar-refractivity contribution in [1.82, 2.24) is 5.43 Å². The summed E-state index contributed by atoms with van der Waals surface area (Å²) < 4.78 is 0. The SMILES string of the molecule is O=C(N/N=C1/C[C@H]2C=CC[C@H]12)c1cccc(Cl)c1. The number of hydrogen-bond acceptors (Lipinski definition) is 2. The molecule has 4 heteroatoms. The highest BCUT2D eigenvalue weighted by molar-refractivity contribution is 6.30. The van der Waals surface area contributed by atoms with E-state index in [1.54, 1.807) is 24.3 Å². The van der Waals surface area contributed by atoms with Crippen LogP contribution < -0.4 is 5.43 Å². The van der Waals surface area contributed by atoms with E-state index in [1.807, 2.05) is 0 Å². The molecule has 0 bridgehead atoms. The topological polar surface area (TPSA) is 41.5 Å². The number of nitrogens with one attached hydrogen (secondary N) is 1. The number of carbonyl (C=O) groups is 1. The molecule has 92 valence electrons. The monoisotopic (exact) mass is 260 g/mol. The van der Waals surface area contributed by atoms with Gasteiger partial charge >= 0.3 is 0 Å².